The number of carbonyl (C=O) groups is 2. The van der Waals surface area contributed by atoms with Crippen LogP contribution in [-0.4, -0.2) is 18.5 Å². The molecule has 6 heteroatoms. The number of esters is 2. The number of hydrogen-bond acceptors (Lipinski definition) is 4. The van der Waals surface area contributed by atoms with Gasteiger partial charge in [-0.05, 0) is 18.8 Å². The molecule has 0 N–H and O–H groups in total. The van der Waals surface area contributed by atoms with Gasteiger partial charge in [-0.25, -0.2) is 8.78 Å². The van der Waals surface area contributed by atoms with E-state index in [0.717, 1.165) is 12.1 Å². The van der Waals surface area contributed by atoms with Crippen molar-refractivity contribution in [2.24, 2.45) is 5.92 Å². The Morgan fingerprint density at radius 3 is 2.09 bits per heavy atom. The zero-order valence-electron chi connectivity index (χ0n) is 12.7. The first kappa shape index (κ1) is 18.1. The average molecular weight is 314 g/mol. The fourth-order valence-corrected chi connectivity index (χ4v) is 1.64. The first-order chi connectivity index (χ1) is 10.4. The van der Waals surface area contributed by atoms with E-state index in [9.17, 15) is 18.4 Å². The normalized spacial score (nSPS) is 10.6. The molecular formula is C16H20F2O4. The van der Waals surface area contributed by atoms with E-state index < -0.39 is 17.6 Å². The number of hydrogen-bond donors (Lipinski definition) is 0. The zero-order valence-corrected chi connectivity index (χ0v) is 12.7. The fourth-order valence-electron chi connectivity index (χ4n) is 1.64. The third-order valence-electron chi connectivity index (χ3n) is 2.66. The van der Waals surface area contributed by atoms with Crippen LogP contribution in [0.1, 0.15) is 39.5 Å². The maximum Gasteiger partial charge on any atom is 0.311 e. The van der Waals surface area contributed by atoms with Crippen LogP contribution < -0.4 is 4.74 Å². The van der Waals surface area contributed by atoms with Crippen molar-refractivity contribution in [3.8, 4) is 5.75 Å². The summed E-state index contributed by atoms with van der Waals surface area (Å²) in [6.45, 7) is 4.27. The Labute approximate surface area is 128 Å². The quantitative estimate of drug-likeness (QED) is 0.418. The van der Waals surface area contributed by atoms with Crippen molar-refractivity contribution in [2.75, 3.05) is 6.61 Å². The number of rotatable bonds is 8. The Bertz CT molecular complexity index is 495. The van der Waals surface area contributed by atoms with Gasteiger partial charge < -0.3 is 9.47 Å². The van der Waals surface area contributed by atoms with Crippen molar-refractivity contribution in [1.29, 1.82) is 0 Å². The zero-order chi connectivity index (χ0) is 16.5. The first-order valence-corrected chi connectivity index (χ1v) is 7.19. The Hall–Kier alpha value is -1.98. The van der Waals surface area contributed by atoms with Gasteiger partial charge in [0.15, 0.2) is 0 Å². The fraction of sp³-hybridized carbons (Fsp3) is 0.500. The SMILES string of the molecule is CC(C)COC(=O)CCCCC(=O)Oc1cc(F)cc(F)c1. The Morgan fingerprint density at radius 1 is 1.00 bits per heavy atom. The third kappa shape index (κ3) is 7.71. The lowest BCUT2D eigenvalue weighted by Gasteiger charge is -2.07. The molecular weight excluding hydrogens is 294 g/mol. The molecule has 0 saturated heterocycles. The lowest BCUT2D eigenvalue weighted by atomic mass is 10.2. The van der Waals surface area contributed by atoms with E-state index >= 15 is 0 Å². The molecule has 1 aromatic carbocycles. The maximum absolute atomic E-state index is 12.9. The highest BCUT2D eigenvalue weighted by Gasteiger charge is 2.09. The summed E-state index contributed by atoms with van der Waals surface area (Å²) in [5.41, 5.74) is 0. The van der Waals surface area contributed by atoms with E-state index in [1.807, 2.05) is 13.8 Å². The lowest BCUT2D eigenvalue weighted by molar-refractivity contribution is -0.145. The number of halogens is 2. The van der Waals surface area contributed by atoms with Crippen LogP contribution in [0.15, 0.2) is 18.2 Å². The molecule has 122 valence electrons. The molecule has 0 spiro atoms. The van der Waals surface area contributed by atoms with Crippen molar-refractivity contribution in [1.82, 2.24) is 0 Å². The minimum Gasteiger partial charge on any atom is -0.465 e. The van der Waals surface area contributed by atoms with Crippen molar-refractivity contribution in [2.45, 2.75) is 39.5 Å². The molecule has 0 aliphatic carbocycles. The van der Waals surface area contributed by atoms with Gasteiger partial charge in [0.2, 0.25) is 0 Å². The van der Waals surface area contributed by atoms with Crippen LogP contribution in [0.3, 0.4) is 0 Å². The second kappa shape index (κ2) is 9.12. The number of benzene rings is 1. The van der Waals surface area contributed by atoms with Gasteiger partial charge in [-0.1, -0.05) is 13.8 Å². The van der Waals surface area contributed by atoms with Crippen LogP contribution in [0.2, 0.25) is 0 Å². The molecule has 1 aromatic rings. The summed E-state index contributed by atoms with van der Waals surface area (Å²) in [4.78, 5) is 22.8. The molecule has 0 aliphatic rings. The lowest BCUT2D eigenvalue weighted by Crippen LogP contribution is -2.11. The van der Waals surface area contributed by atoms with Crippen molar-refractivity contribution >= 4 is 11.9 Å². The predicted molar refractivity (Wildman–Crippen MR) is 76.3 cm³/mol. The Balaban J connectivity index is 2.22. The highest BCUT2D eigenvalue weighted by Crippen LogP contribution is 2.16. The number of carbonyl (C=O) groups excluding carboxylic acids is 2. The second-order valence-corrected chi connectivity index (χ2v) is 5.36. The van der Waals surface area contributed by atoms with Crippen LogP contribution in [0.4, 0.5) is 8.78 Å². The Morgan fingerprint density at radius 2 is 1.55 bits per heavy atom. The summed E-state index contributed by atoms with van der Waals surface area (Å²) in [6.07, 6.45) is 1.22. The summed E-state index contributed by atoms with van der Waals surface area (Å²) in [5, 5.41) is 0. The van der Waals surface area contributed by atoms with E-state index in [-0.39, 0.29) is 30.5 Å². The van der Waals surface area contributed by atoms with Gasteiger partial charge >= 0.3 is 11.9 Å². The van der Waals surface area contributed by atoms with E-state index in [4.69, 9.17) is 9.47 Å². The van der Waals surface area contributed by atoms with E-state index in [1.54, 1.807) is 0 Å². The maximum atomic E-state index is 12.9. The minimum atomic E-state index is -0.810. The highest BCUT2D eigenvalue weighted by molar-refractivity contribution is 5.72. The third-order valence-corrected chi connectivity index (χ3v) is 2.66. The second-order valence-electron chi connectivity index (χ2n) is 5.36. The monoisotopic (exact) mass is 314 g/mol. The molecule has 0 saturated carbocycles. The van der Waals surface area contributed by atoms with Gasteiger partial charge in [-0.15, -0.1) is 0 Å². The van der Waals surface area contributed by atoms with E-state index in [2.05, 4.69) is 0 Å². The summed E-state index contributed by atoms with van der Waals surface area (Å²) in [6, 6.07) is 2.56. The van der Waals surface area contributed by atoms with Gasteiger partial charge in [-0.3, -0.25) is 9.59 Å². The average Bonchev–Trinajstić information content (AvgIpc) is 2.40. The van der Waals surface area contributed by atoms with Gasteiger partial charge in [0, 0.05) is 31.0 Å². The minimum absolute atomic E-state index is 0.0651. The molecule has 0 bridgehead atoms. The van der Waals surface area contributed by atoms with Gasteiger partial charge in [-0.2, -0.15) is 0 Å². The number of ether oxygens (including phenoxy) is 2. The van der Waals surface area contributed by atoms with Gasteiger partial charge in [0.1, 0.15) is 17.4 Å². The molecule has 4 nitrogen and oxygen atoms in total. The van der Waals surface area contributed by atoms with Crippen LogP contribution in [-0.2, 0) is 14.3 Å². The van der Waals surface area contributed by atoms with Crippen molar-refractivity contribution in [3.05, 3.63) is 29.8 Å². The van der Waals surface area contributed by atoms with Gasteiger partial charge in [0.25, 0.3) is 0 Å². The molecule has 0 unspecified atom stereocenters. The summed E-state index contributed by atoms with van der Waals surface area (Å²) >= 11 is 0. The van der Waals surface area contributed by atoms with Crippen molar-refractivity contribution < 1.29 is 27.8 Å². The molecule has 0 atom stereocenters. The van der Waals surface area contributed by atoms with Crippen LogP contribution in [0.25, 0.3) is 0 Å². The topological polar surface area (TPSA) is 52.6 Å². The molecule has 0 aromatic heterocycles. The van der Waals surface area contributed by atoms with Crippen LogP contribution in [0.5, 0.6) is 5.75 Å². The smallest absolute Gasteiger partial charge is 0.311 e. The summed E-state index contributed by atoms with van der Waals surface area (Å²) in [5.74, 6) is -2.40. The van der Waals surface area contributed by atoms with Crippen LogP contribution in [0, 0.1) is 17.6 Å². The molecule has 22 heavy (non-hydrogen) atoms. The van der Waals surface area contributed by atoms with E-state index in [0.29, 0.717) is 25.5 Å². The molecule has 0 radical (unpaired) electrons. The largest absolute Gasteiger partial charge is 0.465 e. The summed E-state index contributed by atoms with van der Waals surface area (Å²) < 4.78 is 35.7. The molecule has 0 fully saturated rings. The molecule has 0 aliphatic heterocycles. The number of unbranched alkanes of at least 4 members (excludes halogenated alkanes) is 1. The highest BCUT2D eigenvalue weighted by atomic mass is 19.1. The Kier molecular flexibility index (Phi) is 7.49. The van der Waals surface area contributed by atoms with Gasteiger partial charge in [0.05, 0.1) is 6.61 Å². The molecule has 0 amide bonds. The van der Waals surface area contributed by atoms with Crippen LogP contribution >= 0.6 is 0 Å². The standard InChI is InChI=1S/C16H20F2O4/c1-11(2)10-21-15(19)5-3-4-6-16(20)22-14-8-12(17)7-13(18)9-14/h7-9,11H,3-6,10H2,1-2H3. The molecule has 1 rings (SSSR count). The van der Waals surface area contributed by atoms with Crippen molar-refractivity contribution in [3.63, 3.8) is 0 Å². The predicted octanol–water partition coefficient (Wildman–Crippen LogP) is 3.63. The summed E-state index contributed by atoms with van der Waals surface area (Å²) in [7, 11) is 0. The first-order valence-electron chi connectivity index (χ1n) is 7.19. The van der Waals surface area contributed by atoms with E-state index in [1.165, 1.54) is 0 Å². The molecule has 0 heterocycles.